The van der Waals surface area contributed by atoms with Crippen molar-refractivity contribution < 1.29 is 0 Å². The highest BCUT2D eigenvalue weighted by molar-refractivity contribution is 9.10. The maximum atomic E-state index is 9.36. The Balaban J connectivity index is 2.31. The van der Waals surface area contributed by atoms with Gasteiger partial charge in [-0.3, -0.25) is 0 Å². The van der Waals surface area contributed by atoms with Crippen molar-refractivity contribution in [1.82, 2.24) is 0 Å². The summed E-state index contributed by atoms with van der Waals surface area (Å²) in [4.78, 5) is 0. The smallest absolute Gasteiger partial charge is 0.141 e. The molecule has 0 spiro atoms. The molecule has 2 rings (SSSR count). The SMILES string of the molecule is Cc1ccccc1NC(C#N)c1ccc(Cl)cc1Br. The molecule has 0 fully saturated rings. The van der Waals surface area contributed by atoms with Gasteiger partial charge in [0.25, 0.3) is 0 Å². The van der Waals surface area contributed by atoms with Crippen LogP contribution < -0.4 is 5.32 Å². The summed E-state index contributed by atoms with van der Waals surface area (Å²) in [6.45, 7) is 2.01. The average Bonchev–Trinajstić information content (AvgIpc) is 2.39. The molecule has 0 aliphatic heterocycles. The Hall–Kier alpha value is -1.50. The zero-order valence-electron chi connectivity index (χ0n) is 10.3. The predicted molar refractivity (Wildman–Crippen MR) is 82.3 cm³/mol. The lowest BCUT2D eigenvalue weighted by Gasteiger charge is -2.16. The number of hydrogen-bond acceptors (Lipinski definition) is 2. The Morgan fingerprint density at radius 3 is 2.63 bits per heavy atom. The molecule has 0 aliphatic rings. The van der Waals surface area contributed by atoms with E-state index in [1.807, 2.05) is 37.3 Å². The number of hydrogen-bond donors (Lipinski definition) is 1. The van der Waals surface area contributed by atoms with Gasteiger partial charge in [-0.15, -0.1) is 0 Å². The summed E-state index contributed by atoms with van der Waals surface area (Å²) >= 11 is 9.36. The highest BCUT2D eigenvalue weighted by atomic mass is 79.9. The summed E-state index contributed by atoms with van der Waals surface area (Å²) in [5.41, 5.74) is 2.93. The Labute approximate surface area is 126 Å². The molecule has 0 aliphatic carbocycles. The fourth-order valence-electron chi connectivity index (χ4n) is 1.81. The molecule has 1 N–H and O–H groups in total. The number of halogens is 2. The lowest BCUT2D eigenvalue weighted by atomic mass is 10.1. The third-order valence-corrected chi connectivity index (χ3v) is 3.77. The first-order valence-electron chi connectivity index (χ1n) is 5.78. The van der Waals surface area contributed by atoms with E-state index in [2.05, 4.69) is 27.3 Å². The molecule has 0 saturated heterocycles. The van der Waals surface area contributed by atoms with E-state index in [-0.39, 0.29) is 0 Å². The van der Waals surface area contributed by atoms with Crippen LogP contribution in [0.4, 0.5) is 5.69 Å². The third kappa shape index (κ3) is 3.28. The number of nitrogens with one attached hydrogen (secondary N) is 1. The van der Waals surface area contributed by atoms with Gasteiger partial charge in [0.1, 0.15) is 6.04 Å². The highest BCUT2D eigenvalue weighted by Crippen LogP contribution is 2.29. The van der Waals surface area contributed by atoms with Crippen LogP contribution in [-0.2, 0) is 0 Å². The van der Waals surface area contributed by atoms with Crippen molar-refractivity contribution in [2.45, 2.75) is 13.0 Å². The zero-order valence-corrected chi connectivity index (χ0v) is 12.7. The van der Waals surface area contributed by atoms with Crippen LogP contribution >= 0.6 is 27.5 Å². The molecule has 0 bridgehead atoms. The lowest BCUT2D eigenvalue weighted by molar-refractivity contribution is 0.986. The average molecular weight is 336 g/mol. The number of rotatable bonds is 3. The minimum Gasteiger partial charge on any atom is -0.366 e. The predicted octanol–water partition coefficient (Wildman–Crippen LogP) is 5.09. The molecule has 2 aromatic carbocycles. The first-order valence-corrected chi connectivity index (χ1v) is 6.95. The van der Waals surface area contributed by atoms with E-state index in [9.17, 15) is 5.26 Å². The molecule has 2 aromatic rings. The van der Waals surface area contributed by atoms with Crippen molar-refractivity contribution in [3.8, 4) is 6.07 Å². The van der Waals surface area contributed by atoms with Gasteiger partial charge in [0.05, 0.1) is 6.07 Å². The van der Waals surface area contributed by atoms with Gasteiger partial charge >= 0.3 is 0 Å². The van der Waals surface area contributed by atoms with Crippen LogP contribution in [0.25, 0.3) is 0 Å². The maximum absolute atomic E-state index is 9.36. The van der Waals surface area contributed by atoms with Gasteiger partial charge in [0, 0.05) is 20.7 Å². The van der Waals surface area contributed by atoms with E-state index in [1.165, 1.54) is 0 Å². The van der Waals surface area contributed by atoms with Crippen molar-refractivity contribution in [3.05, 3.63) is 63.1 Å². The number of nitriles is 1. The first kappa shape index (κ1) is 13.9. The molecule has 0 amide bonds. The molecule has 2 nitrogen and oxygen atoms in total. The van der Waals surface area contributed by atoms with Gasteiger partial charge in [-0.25, -0.2) is 0 Å². The molecule has 1 atom stereocenters. The molecule has 1 unspecified atom stereocenters. The van der Waals surface area contributed by atoms with E-state index < -0.39 is 6.04 Å². The summed E-state index contributed by atoms with van der Waals surface area (Å²) in [6, 6.07) is 15.2. The second-order valence-electron chi connectivity index (χ2n) is 4.19. The second kappa shape index (κ2) is 6.10. The Morgan fingerprint density at radius 1 is 1.26 bits per heavy atom. The van der Waals surface area contributed by atoms with Crippen molar-refractivity contribution in [2.75, 3.05) is 5.32 Å². The molecule has 0 heterocycles. The van der Waals surface area contributed by atoms with E-state index in [1.54, 1.807) is 12.1 Å². The highest BCUT2D eigenvalue weighted by Gasteiger charge is 2.14. The van der Waals surface area contributed by atoms with E-state index in [0.717, 1.165) is 21.3 Å². The Kier molecular flexibility index (Phi) is 4.47. The number of para-hydroxylation sites is 1. The lowest BCUT2D eigenvalue weighted by Crippen LogP contribution is -2.10. The van der Waals surface area contributed by atoms with Crippen LogP contribution in [-0.4, -0.2) is 0 Å². The number of benzene rings is 2. The maximum Gasteiger partial charge on any atom is 0.141 e. The summed E-state index contributed by atoms with van der Waals surface area (Å²) in [5.74, 6) is 0. The number of aryl methyl sites for hydroxylation is 1. The van der Waals surface area contributed by atoms with Gasteiger partial charge in [-0.2, -0.15) is 5.26 Å². The van der Waals surface area contributed by atoms with Gasteiger partial charge in [0.15, 0.2) is 0 Å². The second-order valence-corrected chi connectivity index (χ2v) is 5.48. The van der Waals surface area contributed by atoms with E-state index in [4.69, 9.17) is 11.6 Å². The number of anilines is 1. The minimum atomic E-state index is -0.423. The standard InChI is InChI=1S/C15H12BrClN2/c1-10-4-2-3-5-14(10)19-15(9-18)12-7-6-11(17)8-13(12)16/h2-8,15,19H,1H3. The molecular weight excluding hydrogens is 324 g/mol. The molecular formula is C15H12BrClN2. The summed E-state index contributed by atoms with van der Waals surface area (Å²) in [7, 11) is 0. The molecule has 0 saturated carbocycles. The zero-order chi connectivity index (χ0) is 13.8. The normalized spacial score (nSPS) is 11.7. The molecule has 19 heavy (non-hydrogen) atoms. The van der Waals surface area contributed by atoms with Gasteiger partial charge < -0.3 is 5.32 Å². The Bertz CT molecular complexity index is 634. The van der Waals surface area contributed by atoms with E-state index >= 15 is 0 Å². The van der Waals surface area contributed by atoms with Crippen molar-refractivity contribution in [1.29, 1.82) is 5.26 Å². The molecule has 4 heteroatoms. The van der Waals surface area contributed by atoms with Crippen molar-refractivity contribution >= 4 is 33.2 Å². The fraction of sp³-hybridized carbons (Fsp3) is 0.133. The van der Waals surface area contributed by atoms with Crippen LogP contribution in [0.3, 0.4) is 0 Å². The topological polar surface area (TPSA) is 35.8 Å². The van der Waals surface area contributed by atoms with Crippen LogP contribution in [0.5, 0.6) is 0 Å². The van der Waals surface area contributed by atoms with E-state index in [0.29, 0.717) is 5.02 Å². The summed E-state index contributed by atoms with van der Waals surface area (Å²) in [5, 5.41) is 13.2. The van der Waals surface area contributed by atoms with Gasteiger partial charge in [-0.1, -0.05) is 51.8 Å². The number of nitrogens with zero attached hydrogens (tertiary/aromatic N) is 1. The Morgan fingerprint density at radius 2 is 2.00 bits per heavy atom. The summed E-state index contributed by atoms with van der Waals surface area (Å²) in [6.07, 6.45) is 0. The fourth-order valence-corrected chi connectivity index (χ4v) is 2.72. The van der Waals surface area contributed by atoms with Crippen LogP contribution in [0, 0.1) is 18.3 Å². The van der Waals surface area contributed by atoms with Crippen LogP contribution in [0.2, 0.25) is 5.02 Å². The van der Waals surface area contributed by atoms with Crippen LogP contribution in [0.15, 0.2) is 46.9 Å². The largest absolute Gasteiger partial charge is 0.366 e. The first-order chi connectivity index (χ1) is 9.11. The third-order valence-electron chi connectivity index (χ3n) is 2.85. The van der Waals surface area contributed by atoms with Crippen molar-refractivity contribution in [2.24, 2.45) is 0 Å². The van der Waals surface area contributed by atoms with Crippen LogP contribution in [0.1, 0.15) is 17.2 Å². The quantitative estimate of drug-likeness (QED) is 0.848. The molecule has 0 radical (unpaired) electrons. The van der Waals surface area contributed by atoms with Gasteiger partial charge in [0.2, 0.25) is 0 Å². The minimum absolute atomic E-state index is 0.423. The molecule has 96 valence electrons. The summed E-state index contributed by atoms with van der Waals surface area (Å²) < 4.78 is 0.827. The monoisotopic (exact) mass is 334 g/mol. The molecule has 0 aromatic heterocycles. The van der Waals surface area contributed by atoms with Crippen molar-refractivity contribution in [3.63, 3.8) is 0 Å². The van der Waals surface area contributed by atoms with Gasteiger partial charge in [-0.05, 0) is 30.7 Å².